The molecule has 1 heterocycles. The Balaban J connectivity index is 2.45. The summed E-state index contributed by atoms with van der Waals surface area (Å²) in [4.78, 5) is 13.6. The smallest absolute Gasteiger partial charge is 0.325 e. The maximum atomic E-state index is 13.4. The fourth-order valence-corrected chi connectivity index (χ4v) is 2.95. The highest BCUT2D eigenvalue weighted by atomic mass is 19.1. The van der Waals surface area contributed by atoms with Crippen molar-refractivity contribution in [3.05, 3.63) is 29.6 Å². The molecule has 3 nitrogen and oxygen atoms in total. The van der Waals surface area contributed by atoms with Gasteiger partial charge in [-0.1, -0.05) is 6.92 Å². The molecule has 0 aromatic heterocycles. The minimum Gasteiger partial charge on any atom is -0.468 e. The highest BCUT2D eigenvalue weighted by Gasteiger charge is 2.37. The van der Waals surface area contributed by atoms with Gasteiger partial charge < -0.3 is 9.64 Å². The summed E-state index contributed by atoms with van der Waals surface area (Å²) in [7, 11) is 1.38. The standard InChI is InChI=1S/C15H20FNO2/c1-10-8-15(2,3)17(9-14(18)19-4)13-6-5-11(16)7-12(10)13/h5-7,10H,8-9H2,1-4H3. The van der Waals surface area contributed by atoms with Gasteiger partial charge in [0.25, 0.3) is 0 Å². The van der Waals surface area contributed by atoms with Crippen LogP contribution in [0.15, 0.2) is 18.2 Å². The van der Waals surface area contributed by atoms with Crippen molar-refractivity contribution in [1.82, 2.24) is 0 Å². The Labute approximate surface area is 113 Å². The zero-order chi connectivity index (χ0) is 14.2. The number of esters is 1. The number of benzene rings is 1. The van der Waals surface area contributed by atoms with Crippen molar-refractivity contribution in [2.24, 2.45) is 0 Å². The summed E-state index contributed by atoms with van der Waals surface area (Å²) >= 11 is 0. The molecular formula is C15H20FNO2. The maximum Gasteiger partial charge on any atom is 0.325 e. The number of methoxy groups -OCH3 is 1. The molecule has 0 spiro atoms. The van der Waals surface area contributed by atoms with Crippen LogP contribution in [0.5, 0.6) is 0 Å². The van der Waals surface area contributed by atoms with Gasteiger partial charge in [0.2, 0.25) is 0 Å². The van der Waals surface area contributed by atoms with E-state index in [-0.39, 0.29) is 29.8 Å². The minimum atomic E-state index is -0.280. The lowest BCUT2D eigenvalue weighted by Gasteiger charge is -2.46. The average molecular weight is 265 g/mol. The molecule has 0 radical (unpaired) electrons. The normalized spacial score (nSPS) is 20.9. The topological polar surface area (TPSA) is 29.5 Å². The summed E-state index contributed by atoms with van der Waals surface area (Å²) in [6.45, 7) is 6.47. The van der Waals surface area contributed by atoms with Crippen LogP contribution in [0.4, 0.5) is 10.1 Å². The SMILES string of the molecule is COC(=O)CN1c2ccc(F)cc2C(C)CC1(C)C. The fraction of sp³-hybridized carbons (Fsp3) is 0.533. The van der Waals surface area contributed by atoms with Crippen LogP contribution in [0.1, 0.15) is 38.7 Å². The first-order valence-corrected chi connectivity index (χ1v) is 6.49. The van der Waals surface area contributed by atoms with Gasteiger partial charge in [0.15, 0.2) is 0 Å². The number of carbonyl (C=O) groups is 1. The van der Waals surface area contributed by atoms with Crippen molar-refractivity contribution in [1.29, 1.82) is 0 Å². The van der Waals surface area contributed by atoms with Gasteiger partial charge in [-0.3, -0.25) is 4.79 Å². The number of fused-ring (bicyclic) bond motifs is 1. The number of carbonyl (C=O) groups excluding carboxylic acids is 1. The van der Waals surface area contributed by atoms with E-state index in [1.54, 1.807) is 12.1 Å². The molecular weight excluding hydrogens is 245 g/mol. The van der Waals surface area contributed by atoms with Crippen LogP contribution in [0.3, 0.4) is 0 Å². The van der Waals surface area contributed by atoms with Crippen molar-refractivity contribution in [3.63, 3.8) is 0 Å². The Bertz CT molecular complexity index is 499. The highest BCUT2D eigenvalue weighted by molar-refractivity contribution is 5.77. The summed E-state index contributed by atoms with van der Waals surface area (Å²) < 4.78 is 18.2. The van der Waals surface area contributed by atoms with Gasteiger partial charge in [-0.25, -0.2) is 4.39 Å². The summed E-state index contributed by atoms with van der Waals surface area (Å²) in [5.74, 6) is -0.240. The monoisotopic (exact) mass is 265 g/mol. The van der Waals surface area contributed by atoms with E-state index >= 15 is 0 Å². The molecule has 0 saturated heterocycles. The summed E-state index contributed by atoms with van der Waals surface area (Å²) in [6.07, 6.45) is 0.875. The summed E-state index contributed by atoms with van der Waals surface area (Å²) in [5.41, 5.74) is 1.73. The minimum absolute atomic E-state index is 0.154. The zero-order valence-electron chi connectivity index (χ0n) is 11.9. The van der Waals surface area contributed by atoms with Gasteiger partial charge in [0.1, 0.15) is 12.4 Å². The Morgan fingerprint density at radius 3 is 2.84 bits per heavy atom. The van der Waals surface area contributed by atoms with Crippen LogP contribution in [0.2, 0.25) is 0 Å². The average Bonchev–Trinajstić information content (AvgIpc) is 2.34. The van der Waals surface area contributed by atoms with Crippen molar-refractivity contribution in [3.8, 4) is 0 Å². The van der Waals surface area contributed by atoms with Crippen LogP contribution >= 0.6 is 0 Å². The van der Waals surface area contributed by atoms with E-state index in [2.05, 4.69) is 20.8 Å². The number of nitrogens with zero attached hydrogens (tertiary/aromatic N) is 1. The molecule has 0 aliphatic carbocycles. The first kappa shape index (κ1) is 13.8. The zero-order valence-corrected chi connectivity index (χ0v) is 11.9. The Morgan fingerprint density at radius 1 is 1.53 bits per heavy atom. The van der Waals surface area contributed by atoms with E-state index < -0.39 is 0 Å². The van der Waals surface area contributed by atoms with Crippen molar-refractivity contribution >= 4 is 11.7 Å². The molecule has 1 aromatic carbocycles. The lowest BCUT2D eigenvalue weighted by molar-refractivity contribution is -0.139. The predicted octanol–water partition coefficient (Wildman–Crippen LogP) is 3.09. The van der Waals surface area contributed by atoms with E-state index in [1.807, 2.05) is 4.90 Å². The van der Waals surface area contributed by atoms with Gasteiger partial charge in [0.05, 0.1) is 7.11 Å². The van der Waals surface area contributed by atoms with E-state index in [1.165, 1.54) is 13.2 Å². The van der Waals surface area contributed by atoms with E-state index in [9.17, 15) is 9.18 Å². The molecule has 1 unspecified atom stereocenters. The van der Waals surface area contributed by atoms with Crippen molar-refractivity contribution in [2.75, 3.05) is 18.6 Å². The van der Waals surface area contributed by atoms with Crippen LogP contribution in [0, 0.1) is 5.82 Å². The quantitative estimate of drug-likeness (QED) is 0.770. The Morgan fingerprint density at radius 2 is 2.21 bits per heavy atom. The van der Waals surface area contributed by atoms with E-state index in [4.69, 9.17) is 4.74 Å². The second-order valence-electron chi connectivity index (χ2n) is 5.78. The molecule has 1 atom stereocenters. The first-order valence-electron chi connectivity index (χ1n) is 6.49. The largest absolute Gasteiger partial charge is 0.468 e. The fourth-order valence-electron chi connectivity index (χ4n) is 2.95. The Kier molecular flexibility index (Phi) is 3.52. The van der Waals surface area contributed by atoms with E-state index in [0.29, 0.717) is 0 Å². The lowest BCUT2D eigenvalue weighted by Crippen LogP contribution is -2.50. The number of hydrogen-bond donors (Lipinski definition) is 0. The second kappa shape index (κ2) is 4.83. The van der Waals surface area contributed by atoms with E-state index in [0.717, 1.165) is 17.7 Å². The van der Waals surface area contributed by atoms with Crippen LogP contribution in [-0.2, 0) is 9.53 Å². The third kappa shape index (κ3) is 2.57. The third-order valence-corrected chi connectivity index (χ3v) is 3.86. The molecule has 0 N–H and O–H groups in total. The molecule has 1 aliphatic heterocycles. The second-order valence-corrected chi connectivity index (χ2v) is 5.78. The molecule has 104 valence electrons. The van der Waals surface area contributed by atoms with Gasteiger partial charge in [0, 0.05) is 11.2 Å². The number of ether oxygens (including phenoxy) is 1. The molecule has 19 heavy (non-hydrogen) atoms. The molecule has 0 saturated carbocycles. The molecule has 2 rings (SSSR count). The van der Waals surface area contributed by atoms with Gasteiger partial charge >= 0.3 is 5.97 Å². The number of rotatable bonds is 2. The first-order chi connectivity index (χ1) is 8.85. The number of anilines is 1. The van der Waals surface area contributed by atoms with Crippen LogP contribution in [0.25, 0.3) is 0 Å². The van der Waals surface area contributed by atoms with Crippen LogP contribution < -0.4 is 4.90 Å². The molecule has 4 heteroatoms. The maximum absolute atomic E-state index is 13.4. The number of hydrogen-bond acceptors (Lipinski definition) is 3. The molecule has 0 bridgehead atoms. The predicted molar refractivity (Wildman–Crippen MR) is 72.9 cm³/mol. The van der Waals surface area contributed by atoms with Gasteiger partial charge in [-0.2, -0.15) is 0 Å². The highest BCUT2D eigenvalue weighted by Crippen LogP contribution is 2.43. The Hall–Kier alpha value is -1.58. The van der Waals surface area contributed by atoms with Gasteiger partial charge in [-0.05, 0) is 49.9 Å². The molecule has 0 fully saturated rings. The molecule has 1 aliphatic rings. The van der Waals surface area contributed by atoms with Gasteiger partial charge in [-0.15, -0.1) is 0 Å². The third-order valence-electron chi connectivity index (χ3n) is 3.86. The molecule has 0 amide bonds. The van der Waals surface area contributed by atoms with Crippen molar-refractivity contribution < 1.29 is 13.9 Å². The summed E-state index contributed by atoms with van der Waals surface area (Å²) in [5, 5.41) is 0. The number of halogens is 1. The van der Waals surface area contributed by atoms with Crippen LogP contribution in [-0.4, -0.2) is 25.2 Å². The van der Waals surface area contributed by atoms with Crippen molar-refractivity contribution in [2.45, 2.75) is 38.6 Å². The summed E-state index contributed by atoms with van der Waals surface area (Å²) in [6, 6.07) is 4.77. The molecule has 1 aromatic rings. The lowest BCUT2D eigenvalue weighted by atomic mass is 9.80.